The largest absolute Gasteiger partial charge is 0.491 e. The van der Waals surface area contributed by atoms with Gasteiger partial charge in [0.25, 0.3) is 5.91 Å². The lowest BCUT2D eigenvalue weighted by Gasteiger charge is -2.18. The molecular formula is C23H25N5O4. The molecule has 2 amide bonds. The number of nitrogens with zero attached hydrogens (tertiary/aromatic N) is 4. The number of rotatable bonds is 5. The first-order chi connectivity index (χ1) is 15.3. The van der Waals surface area contributed by atoms with E-state index in [-0.39, 0.29) is 23.3 Å². The summed E-state index contributed by atoms with van der Waals surface area (Å²) in [6.45, 7) is 5.08. The zero-order valence-corrected chi connectivity index (χ0v) is 18.3. The molecule has 1 fully saturated rings. The number of nitrogens with one attached hydrogen (secondary N) is 1. The zero-order valence-electron chi connectivity index (χ0n) is 18.3. The van der Waals surface area contributed by atoms with Crippen LogP contribution in [0.25, 0.3) is 5.65 Å². The van der Waals surface area contributed by atoms with E-state index in [0.717, 1.165) is 17.7 Å². The Morgan fingerprint density at radius 1 is 1.38 bits per heavy atom. The number of carbonyl (C=O) groups is 2. The molecular weight excluding hydrogens is 410 g/mol. The summed E-state index contributed by atoms with van der Waals surface area (Å²) in [6.07, 6.45) is 6.05. The fourth-order valence-corrected chi connectivity index (χ4v) is 4.30. The minimum Gasteiger partial charge on any atom is -0.491 e. The van der Waals surface area contributed by atoms with Gasteiger partial charge in [0, 0.05) is 56.4 Å². The van der Waals surface area contributed by atoms with E-state index in [1.807, 2.05) is 26.0 Å². The number of anilines is 1. The molecule has 1 aromatic carbocycles. The van der Waals surface area contributed by atoms with Crippen LogP contribution in [-0.4, -0.2) is 57.1 Å². The van der Waals surface area contributed by atoms with Crippen molar-refractivity contribution in [3.8, 4) is 11.5 Å². The third-order valence-electron chi connectivity index (χ3n) is 5.83. The van der Waals surface area contributed by atoms with E-state index in [1.54, 1.807) is 34.9 Å². The SMILES string of the molecule is CN1CC(COc2cc3c(cc2NC(=O)c2cnn4cccnc24)CC(C)(C)O3)CC1=O. The van der Waals surface area contributed by atoms with Crippen LogP contribution in [0.15, 0.2) is 36.8 Å². The van der Waals surface area contributed by atoms with Gasteiger partial charge in [0.2, 0.25) is 5.91 Å². The summed E-state index contributed by atoms with van der Waals surface area (Å²) in [5, 5.41) is 7.15. The molecule has 2 aromatic heterocycles. The van der Waals surface area contributed by atoms with Crippen LogP contribution >= 0.6 is 0 Å². The molecule has 5 rings (SSSR count). The minimum atomic E-state index is -0.324. The summed E-state index contributed by atoms with van der Waals surface area (Å²) in [4.78, 5) is 30.9. The number of amides is 2. The molecule has 3 aromatic rings. The van der Waals surface area contributed by atoms with Crippen LogP contribution in [0.5, 0.6) is 11.5 Å². The number of benzene rings is 1. The molecule has 0 aliphatic carbocycles. The van der Waals surface area contributed by atoms with E-state index in [1.165, 1.54) is 6.20 Å². The van der Waals surface area contributed by atoms with E-state index < -0.39 is 0 Å². The van der Waals surface area contributed by atoms with E-state index in [4.69, 9.17) is 9.47 Å². The van der Waals surface area contributed by atoms with Gasteiger partial charge in [0.1, 0.15) is 22.7 Å². The molecule has 2 aliphatic heterocycles. The van der Waals surface area contributed by atoms with Crippen LogP contribution in [0.1, 0.15) is 36.2 Å². The molecule has 0 bridgehead atoms. The van der Waals surface area contributed by atoms with Gasteiger partial charge < -0.3 is 19.7 Å². The average Bonchev–Trinajstić information content (AvgIpc) is 3.40. The second-order valence-corrected chi connectivity index (χ2v) is 9.05. The summed E-state index contributed by atoms with van der Waals surface area (Å²) >= 11 is 0. The molecule has 2 aliphatic rings. The summed E-state index contributed by atoms with van der Waals surface area (Å²) in [5.41, 5.74) is 2.09. The van der Waals surface area contributed by atoms with Crippen molar-refractivity contribution in [1.82, 2.24) is 19.5 Å². The molecule has 1 unspecified atom stereocenters. The molecule has 166 valence electrons. The second kappa shape index (κ2) is 7.51. The van der Waals surface area contributed by atoms with Crippen molar-refractivity contribution in [2.24, 2.45) is 5.92 Å². The first-order valence-electron chi connectivity index (χ1n) is 10.6. The maximum absolute atomic E-state index is 13.1. The van der Waals surface area contributed by atoms with Crippen molar-refractivity contribution in [1.29, 1.82) is 0 Å². The van der Waals surface area contributed by atoms with Crippen molar-refractivity contribution in [3.05, 3.63) is 47.9 Å². The van der Waals surface area contributed by atoms with E-state index >= 15 is 0 Å². The van der Waals surface area contributed by atoms with Crippen molar-refractivity contribution < 1.29 is 19.1 Å². The van der Waals surface area contributed by atoms with Crippen LogP contribution in [0.2, 0.25) is 0 Å². The summed E-state index contributed by atoms with van der Waals surface area (Å²) in [6, 6.07) is 5.48. The minimum absolute atomic E-state index is 0.102. The number of carbonyl (C=O) groups excluding carboxylic acids is 2. The van der Waals surface area contributed by atoms with Gasteiger partial charge in [-0.05, 0) is 26.0 Å². The Morgan fingerprint density at radius 3 is 3.00 bits per heavy atom. The second-order valence-electron chi connectivity index (χ2n) is 9.05. The Hall–Kier alpha value is -3.62. The fourth-order valence-electron chi connectivity index (χ4n) is 4.30. The van der Waals surface area contributed by atoms with Crippen LogP contribution in [0.3, 0.4) is 0 Å². The van der Waals surface area contributed by atoms with Gasteiger partial charge in [-0.25, -0.2) is 9.50 Å². The van der Waals surface area contributed by atoms with Gasteiger partial charge in [-0.2, -0.15) is 5.10 Å². The predicted molar refractivity (Wildman–Crippen MR) is 117 cm³/mol. The highest BCUT2D eigenvalue weighted by Gasteiger charge is 2.32. The topological polar surface area (TPSA) is 98.1 Å². The number of fused-ring (bicyclic) bond motifs is 2. The maximum atomic E-state index is 13.1. The van der Waals surface area contributed by atoms with Crippen molar-refractivity contribution >= 4 is 23.1 Å². The van der Waals surface area contributed by atoms with Crippen LogP contribution in [0.4, 0.5) is 5.69 Å². The van der Waals surface area contributed by atoms with Gasteiger partial charge in [-0.15, -0.1) is 0 Å². The Labute approximate surface area is 185 Å². The molecule has 0 radical (unpaired) electrons. The van der Waals surface area contributed by atoms with Crippen LogP contribution in [0, 0.1) is 5.92 Å². The number of hydrogen-bond donors (Lipinski definition) is 1. The Kier molecular flexibility index (Phi) is 4.76. The normalized spacial score (nSPS) is 19.2. The Morgan fingerprint density at radius 2 is 2.22 bits per heavy atom. The lowest BCUT2D eigenvalue weighted by molar-refractivity contribution is -0.126. The summed E-state index contributed by atoms with van der Waals surface area (Å²) < 4.78 is 13.7. The molecule has 9 nitrogen and oxygen atoms in total. The number of likely N-dealkylation sites (tertiary alicyclic amines) is 1. The smallest absolute Gasteiger partial charge is 0.261 e. The predicted octanol–water partition coefficient (Wildman–Crippen LogP) is 2.55. The van der Waals surface area contributed by atoms with Gasteiger partial charge >= 0.3 is 0 Å². The van der Waals surface area contributed by atoms with Crippen molar-refractivity contribution in [2.75, 3.05) is 25.5 Å². The highest BCUT2D eigenvalue weighted by atomic mass is 16.5. The number of ether oxygens (including phenoxy) is 2. The molecule has 4 heterocycles. The van der Waals surface area contributed by atoms with E-state index in [9.17, 15) is 9.59 Å². The maximum Gasteiger partial charge on any atom is 0.261 e. The fraction of sp³-hybridized carbons (Fsp3) is 0.391. The highest BCUT2D eigenvalue weighted by Crippen LogP contribution is 2.41. The third-order valence-corrected chi connectivity index (χ3v) is 5.83. The lowest BCUT2D eigenvalue weighted by Crippen LogP contribution is -2.24. The molecule has 0 saturated carbocycles. The molecule has 32 heavy (non-hydrogen) atoms. The number of hydrogen-bond acceptors (Lipinski definition) is 6. The molecule has 1 saturated heterocycles. The van der Waals surface area contributed by atoms with E-state index in [0.29, 0.717) is 42.2 Å². The summed E-state index contributed by atoms with van der Waals surface area (Å²) in [5.74, 6) is 1.16. The highest BCUT2D eigenvalue weighted by molar-refractivity contribution is 6.08. The Balaban J connectivity index is 1.42. The molecule has 1 N–H and O–H groups in total. The van der Waals surface area contributed by atoms with Crippen molar-refractivity contribution in [3.63, 3.8) is 0 Å². The van der Waals surface area contributed by atoms with Gasteiger partial charge in [0.05, 0.1) is 18.5 Å². The lowest BCUT2D eigenvalue weighted by atomic mass is 10.0. The van der Waals surface area contributed by atoms with Gasteiger partial charge in [0.15, 0.2) is 5.65 Å². The van der Waals surface area contributed by atoms with Gasteiger partial charge in [-0.1, -0.05) is 0 Å². The number of aromatic nitrogens is 3. The van der Waals surface area contributed by atoms with Crippen LogP contribution in [-0.2, 0) is 11.2 Å². The molecule has 1 atom stereocenters. The zero-order chi connectivity index (χ0) is 22.5. The monoisotopic (exact) mass is 435 g/mol. The standard InChI is InChI=1S/C23H25N5O4/c1-23(2)10-15-8-17(26-22(30)16-11-25-28-6-4-5-24-21(16)28)19(9-18(15)32-23)31-13-14-7-20(29)27(3)12-14/h4-6,8-9,11,14H,7,10,12-13H2,1-3H3,(H,26,30). The Bertz CT molecular complexity index is 1220. The van der Waals surface area contributed by atoms with E-state index in [2.05, 4.69) is 15.4 Å². The first-order valence-corrected chi connectivity index (χ1v) is 10.6. The van der Waals surface area contributed by atoms with Crippen molar-refractivity contribution in [2.45, 2.75) is 32.3 Å². The average molecular weight is 435 g/mol. The third kappa shape index (κ3) is 3.74. The first kappa shape index (κ1) is 20.3. The molecule has 9 heteroatoms. The quantitative estimate of drug-likeness (QED) is 0.661. The summed E-state index contributed by atoms with van der Waals surface area (Å²) in [7, 11) is 1.80. The van der Waals surface area contributed by atoms with Gasteiger partial charge in [-0.3, -0.25) is 9.59 Å². The molecule has 0 spiro atoms. The van der Waals surface area contributed by atoms with Crippen LogP contribution < -0.4 is 14.8 Å².